The average Bonchev–Trinajstić information content (AvgIpc) is 1.10. The van der Waals surface area contributed by atoms with Crippen LogP contribution in [0.2, 0.25) is 0 Å². The molecule has 0 radical (unpaired) electrons. The number of rotatable bonds is 74. The molecule has 4 unspecified atom stereocenters. The first kappa shape index (κ1) is 94.1. The number of hydrogen-bond acceptors (Lipinski definition) is 15. The number of hydrogen-bond donors (Lipinski definition) is 3. The summed E-state index contributed by atoms with van der Waals surface area (Å²) in [6.07, 6.45) is 51.5. The Labute approximate surface area is 588 Å². The van der Waals surface area contributed by atoms with Crippen molar-refractivity contribution in [3.8, 4) is 0 Å². The number of carbonyl (C=O) groups excluding carboxylic acids is 4. The molecule has 0 fully saturated rings. The molecular weight excluding hydrogens is 1260 g/mol. The van der Waals surface area contributed by atoms with Gasteiger partial charge in [0.1, 0.15) is 19.3 Å². The maximum absolute atomic E-state index is 13.1. The number of esters is 4. The van der Waals surface area contributed by atoms with Crippen molar-refractivity contribution < 1.29 is 80.2 Å². The van der Waals surface area contributed by atoms with Crippen LogP contribution in [0.3, 0.4) is 0 Å². The van der Waals surface area contributed by atoms with E-state index in [0.717, 1.165) is 114 Å². The zero-order chi connectivity index (χ0) is 71.0. The van der Waals surface area contributed by atoms with Crippen LogP contribution in [0.5, 0.6) is 0 Å². The number of unbranched alkanes of at least 4 members (excludes halogenated alkanes) is 39. The summed E-state index contributed by atoms with van der Waals surface area (Å²) in [7, 11) is -9.91. The van der Waals surface area contributed by atoms with Crippen molar-refractivity contribution in [2.24, 2.45) is 23.7 Å². The van der Waals surface area contributed by atoms with Gasteiger partial charge in [0.2, 0.25) is 0 Å². The first-order valence-electron chi connectivity index (χ1n) is 39.7. The Morgan fingerprint density at radius 3 is 0.740 bits per heavy atom. The summed E-state index contributed by atoms with van der Waals surface area (Å²) in [6, 6.07) is 0. The van der Waals surface area contributed by atoms with Crippen molar-refractivity contribution in [3.05, 3.63) is 0 Å². The largest absolute Gasteiger partial charge is 0.472 e. The summed E-state index contributed by atoms with van der Waals surface area (Å²) in [6.45, 7) is 14.2. The fourth-order valence-electron chi connectivity index (χ4n) is 11.7. The summed E-state index contributed by atoms with van der Waals surface area (Å²) in [5, 5.41) is 10.6. The zero-order valence-corrected chi connectivity index (χ0v) is 64.8. The second-order valence-electron chi connectivity index (χ2n) is 29.4. The van der Waals surface area contributed by atoms with Crippen molar-refractivity contribution in [3.63, 3.8) is 0 Å². The predicted octanol–water partition coefficient (Wildman–Crippen LogP) is 22.4. The molecule has 0 aliphatic carbocycles. The molecule has 0 heterocycles. The highest BCUT2D eigenvalue weighted by Gasteiger charge is 2.30. The van der Waals surface area contributed by atoms with Crippen molar-refractivity contribution in [2.45, 2.75) is 408 Å². The lowest BCUT2D eigenvalue weighted by Crippen LogP contribution is -2.30. The maximum atomic E-state index is 13.1. The van der Waals surface area contributed by atoms with E-state index in [4.69, 9.17) is 37.0 Å². The molecule has 0 rings (SSSR count). The Hall–Kier alpha value is -1.94. The third-order valence-corrected chi connectivity index (χ3v) is 20.1. The highest BCUT2D eigenvalue weighted by Crippen LogP contribution is 2.45. The van der Waals surface area contributed by atoms with Gasteiger partial charge < -0.3 is 33.8 Å². The minimum atomic E-state index is -4.96. The van der Waals surface area contributed by atoms with E-state index in [9.17, 15) is 43.2 Å². The van der Waals surface area contributed by atoms with E-state index < -0.39 is 97.5 Å². The van der Waals surface area contributed by atoms with Crippen LogP contribution in [-0.2, 0) is 65.4 Å². The molecule has 19 heteroatoms. The van der Waals surface area contributed by atoms with E-state index >= 15 is 0 Å². The number of phosphoric acid groups is 2. The zero-order valence-electron chi connectivity index (χ0n) is 63.0. The van der Waals surface area contributed by atoms with Crippen LogP contribution in [0.4, 0.5) is 0 Å². The Morgan fingerprint density at radius 2 is 0.500 bits per heavy atom. The van der Waals surface area contributed by atoms with Crippen molar-refractivity contribution >= 4 is 39.5 Å². The lowest BCUT2D eigenvalue weighted by atomic mass is 9.99. The van der Waals surface area contributed by atoms with Gasteiger partial charge in [-0.2, -0.15) is 0 Å². The van der Waals surface area contributed by atoms with Gasteiger partial charge in [-0.15, -0.1) is 0 Å². The van der Waals surface area contributed by atoms with E-state index in [2.05, 4.69) is 55.4 Å². The van der Waals surface area contributed by atoms with Crippen LogP contribution in [0.25, 0.3) is 0 Å². The van der Waals surface area contributed by atoms with Gasteiger partial charge in [0.25, 0.3) is 0 Å². The monoisotopic (exact) mass is 1410 g/mol. The first-order valence-corrected chi connectivity index (χ1v) is 42.7. The molecule has 0 aliphatic heterocycles. The fraction of sp³-hybridized carbons (Fsp3) is 0.948. The molecule has 0 saturated carbocycles. The summed E-state index contributed by atoms with van der Waals surface area (Å²) < 4.78 is 68.5. The average molecular weight is 1410 g/mol. The van der Waals surface area contributed by atoms with Crippen LogP contribution in [0, 0.1) is 23.7 Å². The number of phosphoric ester groups is 2. The number of aliphatic hydroxyl groups excluding tert-OH is 1. The molecule has 6 atom stereocenters. The first-order chi connectivity index (χ1) is 46.1. The van der Waals surface area contributed by atoms with Crippen LogP contribution < -0.4 is 0 Å². The summed E-state index contributed by atoms with van der Waals surface area (Å²) in [4.78, 5) is 72.8. The molecule has 0 aromatic carbocycles. The van der Waals surface area contributed by atoms with Gasteiger partial charge in [0.05, 0.1) is 26.4 Å². The third-order valence-electron chi connectivity index (χ3n) is 18.2. The van der Waals surface area contributed by atoms with E-state index in [0.29, 0.717) is 31.6 Å². The summed E-state index contributed by atoms with van der Waals surface area (Å²) in [5.74, 6) is 0.928. The van der Waals surface area contributed by atoms with Crippen LogP contribution in [-0.4, -0.2) is 96.7 Å². The molecule has 0 saturated heterocycles. The second-order valence-corrected chi connectivity index (χ2v) is 32.3. The summed E-state index contributed by atoms with van der Waals surface area (Å²) >= 11 is 0. The lowest BCUT2D eigenvalue weighted by molar-refractivity contribution is -0.161. The molecule has 96 heavy (non-hydrogen) atoms. The van der Waals surface area contributed by atoms with E-state index in [1.807, 2.05) is 0 Å². The third kappa shape index (κ3) is 69.2. The van der Waals surface area contributed by atoms with Crippen molar-refractivity contribution in [1.82, 2.24) is 0 Å². The maximum Gasteiger partial charge on any atom is 0.472 e. The van der Waals surface area contributed by atoms with Gasteiger partial charge in [0.15, 0.2) is 12.2 Å². The van der Waals surface area contributed by atoms with E-state index in [1.165, 1.54) is 186 Å². The Balaban J connectivity index is 5.20. The predicted molar refractivity (Wildman–Crippen MR) is 391 cm³/mol. The Morgan fingerprint density at radius 1 is 0.292 bits per heavy atom. The van der Waals surface area contributed by atoms with Crippen molar-refractivity contribution in [1.29, 1.82) is 0 Å². The standard InChI is InChI=1S/C77H150O17P2/c1-9-70(8)56-48-40-31-27-28-34-44-52-60-77(82)94-72(63-87-74(79)57-49-41-32-25-21-17-12-10-11-15-19-23-29-37-45-53-67(2)3)65-91-95(83,84)89-61-71(78)62-90-96(85,86)92-66-73(64-88-75(80)58-50-42-36-35-39-47-55-69(6)7)93-76(81)59-51-43-33-26-22-18-14-13-16-20-24-30-38-46-54-68(4)5/h67-73,78H,9-66H2,1-8H3,(H,83,84)(H,85,86)/t70?,71?,72-,73-/m1/s1. The molecule has 0 amide bonds. The molecule has 0 spiro atoms. The highest BCUT2D eigenvalue weighted by molar-refractivity contribution is 7.47. The molecule has 17 nitrogen and oxygen atoms in total. The van der Waals surface area contributed by atoms with Gasteiger partial charge >= 0.3 is 39.5 Å². The lowest BCUT2D eigenvalue weighted by Gasteiger charge is -2.21. The number of ether oxygens (including phenoxy) is 4. The van der Waals surface area contributed by atoms with Crippen LogP contribution in [0.15, 0.2) is 0 Å². The quantitative estimate of drug-likeness (QED) is 0.0222. The van der Waals surface area contributed by atoms with Crippen LogP contribution in [0.1, 0.15) is 389 Å². The van der Waals surface area contributed by atoms with Gasteiger partial charge in [-0.05, 0) is 49.4 Å². The topological polar surface area (TPSA) is 237 Å². The molecule has 0 aliphatic rings. The SMILES string of the molecule is CCC(C)CCCCCCCCCCC(=O)O[C@H](COC(=O)CCCCCCCCCCCCCCCCCC(C)C)COP(=O)(O)OCC(O)COP(=O)(O)OC[C@@H](COC(=O)CCCCCCCCC(C)C)OC(=O)CCCCCCCCCCCCCCCCC(C)C. The Bertz CT molecular complexity index is 1890. The normalized spacial score (nSPS) is 14.4. The van der Waals surface area contributed by atoms with Crippen molar-refractivity contribution in [2.75, 3.05) is 39.6 Å². The van der Waals surface area contributed by atoms with Crippen LogP contribution >= 0.6 is 15.6 Å². The number of aliphatic hydroxyl groups is 1. The molecule has 0 aromatic heterocycles. The molecule has 0 aromatic rings. The second kappa shape index (κ2) is 66.3. The molecule has 3 N–H and O–H groups in total. The minimum Gasteiger partial charge on any atom is -0.462 e. The van der Waals surface area contributed by atoms with Gasteiger partial charge in [-0.3, -0.25) is 37.3 Å². The molecular formula is C77H150O17P2. The smallest absolute Gasteiger partial charge is 0.462 e. The molecule has 0 bridgehead atoms. The van der Waals surface area contributed by atoms with Gasteiger partial charge in [-0.1, -0.05) is 338 Å². The van der Waals surface area contributed by atoms with E-state index in [-0.39, 0.29) is 25.7 Å². The van der Waals surface area contributed by atoms with E-state index in [1.54, 1.807) is 0 Å². The summed E-state index contributed by atoms with van der Waals surface area (Å²) in [5.41, 5.74) is 0. The van der Waals surface area contributed by atoms with Gasteiger partial charge in [-0.25, -0.2) is 9.13 Å². The fourth-order valence-corrected chi connectivity index (χ4v) is 13.3. The minimum absolute atomic E-state index is 0.105. The molecule has 570 valence electrons. The Kier molecular flexibility index (Phi) is 65.0. The highest BCUT2D eigenvalue weighted by atomic mass is 31.2. The number of carbonyl (C=O) groups is 4. The van der Waals surface area contributed by atoms with Gasteiger partial charge in [0, 0.05) is 25.7 Å².